The maximum Gasteiger partial charge on any atom is 0.347 e. The van der Waals surface area contributed by atoms with Gasteiger partial charge in [0, 0.05) is 18.0 Å². The van der Waals surface area contributed by atoms with Gasteiger partial charge in [0.15, 0.2) is 5.71 Å². The number of hydrogen-bond donors (Lipinski definition) is 1. The number of hydrogen-bond acceptors (Lipinski definition) is 5. The minimum Gasteiger partial charge on any atom is -0.306 e. The Bertz CT molecular complexity index is 507. The highest BCUT2D eigenvalue weighted by Crippen LogP contribution is 2.20. The van der Waals surface area contributed by atoms with E-state index in [-0.39, 0.29) is 5.71 Å². The van der Waals surface area contributed by atoms with Gasteiger partial charge in [-0.25, -0.2) is 9.98 Å². The first-order valence-electron chi connectivity index (χ1n) is 4.57. The third kappa shape index (κ3) is 1.72. The molecule has 0 fully saturated rings. The van der Waals surface area contributed by atoms with Crippen LogP contribution in [0.5, 0.6) is 0 Å². The first kappa shape index (κ1) is 10.2. The van der Waals surface area contributed by atoms with Gasteiger partial charge in [-0.2, -0.15) is 0 Å². The van der Waals surface area contributed by atoms with Crippen molar-refractivity contribution in [1.82, 2.24) is 0 Å². The molecule has 80 valence electrons. The van der Waals surface area contributed by atoms with Crippen LogP contribution in [0.1, 0.15) is 5.56 Å². The molecule has 1 unspecified atom stereocenters. The minimum absolute atomic E-state index is 0.0335. The molecule has 1 aliphatic heterocycles. The molecule has 0 radical (unpaired) electrons. The zero-order valence-corrected chi connectivity index (χ0v) is 8.20. The average molecular weight is 216 g/mol. The molecular weight excluding hydrogens is 208 g/mol. The fourth-order valence-electron chi connectivity index (χ4n) is 1.39. The fraction of sp³-hybridized carbons (Fsp3) is 0.100. The lowest BCUT2D eigenvalue weighted by Crippen LogP contribution is -2.27. The number of nitrogens with zero attached hydrogens (tertiary/aromatic N) is 3. The van der Waals surface area contributed by atoms with Gasteiger partial charge >= 0.3 is 6.17 Å². The van der Waals surface area contributed by atoms with Crippen LogP contribution in [0.25, 0.3) is 0 Å². The first-order chi connectivity index (χ1) is 7.72. The Morgan fingerprint density at radius 3 is 2.88 bits per heavy atom. The Morgan fingerprint density at radius 1 is 1.44 bits per heavy atom. The van der Waals surface area contributed by atoms with Gasteiger partial charge in [0.2, 0.25) is 0 Å². The van der Waals surface area contributed by atoms with E-state index in [4.69, 9.17) is 5.41 Å². The summed E-state index contributed by atoms with van der Waals surface area (Å²) in [5.41, 5.74) is 1.34. The van der Waals surface area contributed by atoms with Gasteiger partial charge in [0.25, 0.3) is 0 Å². The molecule has 1 N–H and O–H groups in total. The first-order valence-corrected chi connectivity index (χ1v) is 4.57. The van der Waals surface area contributed by atoms with E-state index in [0.29, 0.717) is 11.3 Å². The van der Waals surface area contributed by atoms with Crippen LogP contribution in [-0.4, -0.2) is 29.2 Å². The van der Waals surface area contributed by atoms with Crippen molar-refractivity contribution in [3.8, 4) is 0 Å². The molecule has 1 heterocycles. The standard InChI is InChI=1S/C10H8N4O2/c11-5-9-10(14(15)16)12-6-7-3-1-2-4-8(7)13-9/h1-6,10-11H. The molecule has 1 atom stereocenters. The van der Waals surface area contributed by atoms with Gasteiger partial charge in [-0.1, -0.05) is 18.2 Å². The van der Waals surface area contributed by atoms with Crippen molar-refractivity contribution in [3.05, 3.63) is 39.9 Å². The van der Waals surface area contributed by atoms with Crippen LogP contribution in [0.15, 0.2) is 34.3 Å². The molecule has 6 nitrogen and oxygen atoms in total. The average Bonchev–Trinajstić information content (AvgIpc) is 2.47. The predicted octanol–water partition coefficient (Wildman–Crippen LogP) is 1.44. The van der Waals surface area contributed by atoms with Crippen LogP contribution in [0, 0.1) is 15.5 Å². The number of fused-ring (bicyclic) bond motifs is 1. The molecule has 1 aliphatic rings. The summed E-state index contributed by atoms with van der Waals surface area (Å²) in [6, 6.07) is 7.08. The molecule has 0 saturated heterocycles. The lowest BCUT2D eigenvalue weighted by atomic mass is 10.2. The second kappa shape index (κ2) is 4.01. The molecule has 6 heteroatoms. The van der Waals surface area contributed by atoms with E-state index in [2.05, 4.69) is 9.98 Å². The maximum atomic E-state index is 10.7. The molecule has 1 aromatic carbocycles. The third-order valence-corrected chi connectivity index (χ3v) is 2.15. The lowest BCUT2D eigenvalue weighted by Gasteiger charge is -2.00. The fourth-order valence-corrected chi connectivity index (χ4v) is 1.39. The van der Waals surface area contributed by atoms with Crippen molar-refractivity contribution in [2.24, 2.45) is 9.98 Å². The molecule has 16 heavy (non-hydrogen) atoms. The van der Waals surface area contributed by atoms with Crippen LogP contribution in [0.3, 0.4) is 0 Å². The second-order valence-electron chi connectivity index (χ2n) is 3.18. The van der Waals surface area contributed by atoms with Crippen LogP contribution < -0.4 is 0 Å². The predicted molar refractivity (Wildman–Crippen MR) is 60.7 cm³/mol. The highest BCUT2D eigenvalue weighted by atomic mass is 16.6. The van der Waals surface area contributed by atoms with Crippen LogP contribution >= 0.6 is 0 Å². The molecule has 0 bridgehead atoms. The normalized spacial score (nSPS) is 18.2. The molecule has 0 aliphatic carbocycles. The third-order valence-electron chi connectivity index (χ3n) is 2.15. The Kier molecular flexibility index (Phi) is 2.55. The van der Waals surface area contributed by atoms with E-state index in [1.807, 2.05) is 0 Å². The Hall–Kier alpha value is -2.37. The largest absolute Gasteiger partial charge is 0.347 e. The molecule has 2 rings (SSSR count). The van der Waals surface area contributed by atoms with Gasteiger partial charge in [0.1, 0.15) is 0 Å². The SMILES string of the molecule is N=CC1=Nc2ccccc2C=NC1[N+](=O)[O-]. The second-order valence-corrected chi connectivity index (χ2v) is 3.18. The number of aliphatic imine (C=N–C) groups is 2. The summed E-state index contributed by atoms with van der Waals surface area (Å²) in [5.74, 6) is 0. The Morgan fingerprint density at radius 2 is 2.19 bits per heavy atom. The summed E-state index contributed by atoms with van der Waals surface area (Å²) in [7, 11) is 0. The zero-order chi connectivity index (χ0) is 11.5. The highest BCUT2D eigenvalue weighted by molar-refractivity contribution is 6.32. The Balaban J connectivity index is 2.56. The number of nitrogens with one attached hydrogen (secondary N) is 1. The summed E-state index contributed by atoms with van der Waals surface area (Å²) in [5, 5.41) is 17.9. The number of benzene rings is 1. The van der Waals surface area contributed by atoms with Crippen LogP contribution in [0.4, 0.5) is 5.69 Å². The molecule has 0 aromatic heterocycles. The minimum atomic E-state index is -1.29. The monoisotopic (exact) mass is 216 g/mol. The molecule has 0 amide bonds. The van der Waals surface area contributed by atoms with Gasteiger partial charge in [-0.3, -0.25) is 10.1 Å². The summed E-state index contributed by atoms with van der Waals surface area (Å²) < 4.78 is 0. The van der Waals surface area contributed by atoms with E-state index in [1.54, 1.807) is 24.3 Å². The summed E-state index contributed by atoms with van der Waals surface area (Å²) >= 11 is 0. The van der Waals surface area contributed by atoms with Crippen LogP contribution in [0.2, 0.25) is 0 Å². The number of nitro groups is 1. The lowest BCUT2D eigenvalue weighted by molar-refractivity contribution is -0.500. The van der Waals surface area contributed by atoms with Gasteiger partial charge < -0.3 is 5.41 Å². The van der Waals surface area contributed by atoms with E-state index >= 15 is 0 Å². The highest BCUT2D eigenvalue weighted by Gasteiger charge is 2.26. The topological polar surface area (TPSA) is 91.7 Å². The molecular formula is C10H8N4O2. The van der Waals surface area contributed by atoms with E-state index in [1.165, 1.54) is 6.21 Å². The Labute approximate surface area is 91.0 Å². The van der Waals surface area contributed by atoms with Crippen molar-refractivity contribution in [3.63, 3.8) is 0 Å². The maximum absolute atomic E-state index is 10.7. The van der Waals surface area contributed by atoms with E-state index in [9.17, 15) is 10.1 Å². The van der Waals surface area contributed by atoms with Gasteiger partial charge in [-0.15, -0.1) is 0 Å². The van der Waals surface area contributed by atoms with Crippen molar-refractivity contribution in [2.45, 2.75) is 6.17 Å². The number of para-hydroxylation sites is 1. The smallest absolute Gasteiger partial charge is 0.306 e. The van der Waals surface area contributed by atoms with Crippen molar-refractivity contribution in [1.29, 1.82) is 5.41 Å². The molecule has 1 aromatic rings. The summed E-state index contributed by atoms with van der Waals surface area (Å²) in [4.78, 5) is 18.0. The molecule has 0 saturated carbocycles. The van der Waals surface area contributed by atoms with Crippen molar-refractivity contribution < 1.29 is 4.92 Å². The zero-order valence-electron chi connectivity index (χ0n) is 8.20. The summed E-state index contributed by atoms with van der Waals surface area (Å²) in [6.45, 7) is 0. The van der Waals surface area contributed by atoms with E-state index < -0.39 is 11.1 Å². The quantitative estimate of drug-likeness (QED) is 0.460. The summed E-state index contributed by atoms with van der Waals surface area (Å²) in [6.07, 6.45) is 1.00. The van der Waals surface area contributed by atoms with Crippen molar-refractivity contribution in [2.75, 3.05) is 0 Å². The van der Waals surface area contributed by atoms with E-state index in [0.717, 1.165) is 6.21 Å². The van der Waals surface area contributed by atoms with Gasteiger partial charge in [0.05, 0.1) is 10.6 Å². The van der Waals surface area contributed by atoms with Gasteiger partial charge in [-0.05, 0) is 6.07 Å². The van der Waals surface area contributed by atoms with Crippen molar-refractivity contribution >= 4 is 23.8 Å². The number of rotatable bonds is 2. The van der Waals surface area contributed by atoms with Crippen LogP contribution in [-0.2, 0) is 0 Å². The molecule has 0 spiro atoms.